The van der Waals surface area contributed by atoms with E-state index in [0.717, 1.165) is 81.9 Å². The van der Waals surface area contributed by atoms with Crippen molar-refractivity contribution >= 4 is 40.7 Å². The highest BCUT2D eigenvalue weighted by Crippen LogP contribution is 2.35. The van der Waals surface area contributed by atoms with Gasteiger partial charge < -0.3 is 54.8 Å². The van der Waals surface area contributed by atoms with Gasteiger partial charge in [0.25, 0.3) is 11.5 Å². The fraction of sp³-hybridized carbons (Fsp3) is 0.492. The lowest BCUT2D eigenvalue weighted by Gasteiger charge is -2.37. The van der Waals surface area contributed by atoms with Crippen LogP contribution in [0.5, 0.6) is 5.75 Å². The number of β-amino-alcohol motifs (C(OH)–C–C–N with tert-alkyl or cyclic N) is 1. The fourth-order valence-electron chi connectivity index (χ4n) is 10.2. The summed E-state index contributed by atoms with van der Waals surface area (Å²) >= 11 is 1.57. The lowest BCUT2D eigenvalue weighted by atomic mass is 9.85. The zero-order valence-corrected chi connectivity index (χ0v) is 46.9. The maximum atomic E-state index is 14.1. The standard InChI is InChI=1S/C59H77N7O10S/c1-10-65(45-21-24-75-25-22-45)49-30-44(29-47(37(49)3)55(69)60-32-48-51(73-9)28-36(2)62-56(48)70)42-15-13-40(14-16-42)12-11-23-74-26-27-76-34-52(68)64-54(59(6,7)8)58(72)66-33-46(67)31-50(66)57(71)63-38(4)41-17-19-43(20-18-41)53-39(5)61-35-77-53/h13-20,28-30,35,38,45-46,50,54,67H,10-12,21-27,31-34H2,1-9H3,(H,60,69)(H,62,70)(H,63,71)(H,64,68)/t38-,46+,50-,54+/m0/s1. The number of methoxy groups -OCH3 is 1. The number of aromatic amines is 1. The lowest BCUT2D eigenvalue weighted by molar-refractivity contribution is -0.144. The minimum atomic E-state index is -0.981. The number of carbonyl (C=O) groups excluding carboxylic acids is 4. The second-order valence-corrected chi connectivity index (χ2v) is 22.0. The SMILES string of the molecule is CCN(c1cc(-c2ccc(CCCOCCOCC(=O)N[C@H](C(=O)N3C[C@H](O)C[C@H]3C(=O)N[C@@H](C)c3ccc(-c4scnc4C)cc3)C(C)(C)C)cc2)cc(C(=O)NCc2c(OC)cc(C)[nH]c2=O)c1C)C1CCOCC1. The van der Waals surface area contributed by atoms with Crippen molar-refractivity contribution in [2.24, 2.45) is 5.41 Å². The molecule has 77 heavy (non-hydrogen) atoms. The number of ether oxygens (including phenoxy) is 4. The van der Waals surface area contributed by atoms with Gasteiger partial charge in [0, 0.05) is 62.3 Å². The molecule has 4 atom stereocenters. The van der Waals surface area contributed by atoms with E-state index in [9.17, 15) is 29.1 Å². The van der Waals surface area contributed by atoms with Gasteiger partial charge in [0.1, 0.15) is 24.4 Å². The number of thiazole rings is 1. The van der Waals surface area contributed by atoms with Gasteiger partial charge in [-0.15, -0.1) is 11.3 Å². The van der Waals surface area contributed by atoms with Gasteiger partial charge in [0.15, 0.2) is 0 Å². The van der Waals surface area contributed by atoms with Crippen LogP contribution in [-0.2, 0) is 41.6 Å². The van der Waals surface area contributed by atoms with Crippen molar-refractivity contribution in [3.8, 4) is 27.3 Å². The number of anilines is 1. The molecule has 3 aromatic carbocycles. The van der Waals surface area contributed by atoms with E-state index in [4.69, 9.17) is 18.9 Å². The van der Waals surface area contributed by atoms with Crippen molar-refractivity contribution in [3.05, 3.63) is 122 Å². The quantitative estimate of drug-likeness (QED) is 0.0406. The number of nitrogens with zero attached hydrogens (tertiary/aromatic N) is 3. The molecule has 0 aliphatic carbocycles. The van der Waals surface area contributed by atoms with Crippen LogP contribution in [0.15, 0.2) is 77.0 Å². The molecule has 0 spiro atoms. The Morgan fingerprint density at radius 2 is 1.64 bits per heavy atom. The van der Waals surface area contributed by atoms with Crippen molar-refractivity contribution in [2.45, 2.75) is 124 Å². The van der Waals surface area contributed by atoms with Crippen molar-refractivity contribution in [3.63, 3.8) is 0 Å². The molecule has 0 radical (unpaired) electrons. The molecule has 0 unspecified atom stereocenters. The third-order valence-corrected chi connectivity index (χ3v) is 15.5. The number of aromatic nitrogens is 2. The maximum absolute atomic E-state index is 14.1. The van der Waals surface area contributed by atoms with E-state index in [1.807, 2.05) is 77.4 Å². The van der Waals surface area contributed by atoms with Gasteiger partial charge in [0.05, 0.1) is 60.7 Å². The molecule has 5 aromatic rings. The number of pyridine rings is 1. The Balaban J connectivity index is 0.878. The number of hydrogen-bond acceptors (Lipinski definition) is 13. The van der Waals surface area contributed by atoms with Gasteiger partial charge in [-0.3, -0.25) is 24.0 Å². The Hall–Kier alpha value is -6.44. The van der Waals surface area contributed by atoms with E-state index in [2.05, 4.69) is 68.1 Å². The molecule has 0 bridgehead atoms. The van der Waals surface area contributed by atoms with Crippen LogP contribution < -0.4 is 31.1 Å². The van der Waals surface area contributed by atoms with Crippen molar-refractivity contribution in [1.29, 1.82) is 0 Å². The lowest BCUT2D eigenvalue weighted by Crippen LogP contribution is -2.58. The van der Waals surface area contributed by atoms with Gasteiger partial charge in [-0.1, -0.05) is 69.3 Å². The number of rotatable bonds is 23. The number of nitrogens with one attached hydrogen (secondary N) is 4. The predicted molar refractivity (Wildman–Crippen MR) is 299 cm³/mol. The number of carbonyl (C=O) groups is 4. The van der Waals surface area contributed by atoms with E-state index >= 15 is 0 Å². The van der Waals surface area contributed by atoms with Gasteiger partial charge in [0.2, 0.25) is 17.7 Å². The molecule has 2 aliphatic rings. The molecule has 4 heterocycles. The Labute approximate surface area is 456 Å². The average molecular weight is 1080 g/mol. The van der Waals surface area contributed by atoms with Crippen LogP contribution in [-0.4, -0.2) is 128 Å². The summed E-state index contributed by atoms with van der Waals surface area (Å²) in [5.41, 5.74) is 10.1. The third kappa shape index (κ3) is 15.0. The molecule has 2 saturated heterocycles. The summed E-state index contributed by atoms with van der Waals surface area (Å²) in [6, 6.07) is 20.1. The van der Waals surface area contributed by atoms with Crippen LogP contribution in [0.3, 0.4) is 0 Å². The summed E-state index contributed by atoms with van der Waals surface area (Å²) in [5.74, 6) is -1.17. The molecule has 2 fully saturated rings. The molecule has 414 valence electrons. The third-order valence-electron chi connectivity index (χ3n) is 14.5. The van der Waals surface area contributed by atoms with Crippen molar-refractivity contribution in [2.75, 3.05) is 64.7 Å². The van der Waals surface area contributed by atoms with E-state index in [1.54, 1.807) is 24.3 Å². The first-order valence-corrected chi connectivity index (χ1v) is 27.6. The Kier molecular flexibility index (Phi) is 20.2. The summed E-state index contributed by atoms with van der Waals surface area (Å²) in [6.45, 7) is 18.0. The Morgan fingerprint density at radius 1 is 0.935 bits per heavy atom. The number of aliphatic hydroxyl groups excluding tert-OH is 1. The first-order chi connectivity index (χ1) is 36.9. The number of aliphatic hydroxyl groups is 1. The molecule has 4 amide bonds. The molecule has 5 N–H and O–H groups in total. The van der Waals surface area contributed by atoms with Gasteiger partial charge in [-0.2, -0.15) is 0 Å². The number of likely N-dealkylation sites (tertiary alicyclic amines) is 1. The van der Waals surface area contributed by atoms with Crippen molar-refractivity contribution < 1.29 is 43.2 Å². The summed E-state index contributed by atoms with van der Waals surface area (Å²) in [6.07, 6.45) is 2.50. The van der Waals surface area contributed by atoms with Gasteiger partial charge >= 0.3 is 0 Å². The minimum Gasteiger partial charge on any atom is -0.496 e. The van der Waals surface area contributed by atoms with Crippen LogP contribution in [0.4, 0.5) is 5.69 Å². The monoisotopic (exact) mass is 1080 g/mol. The predicted octanol–water partition coefficient (Wildman–Crippen LogP) is 7.37. The van der Waals surface area contributed by atoms with Gasteiger partial charge in [-0.25, -0.2) is 4.98 Å². The topological polar surface area (TPSA) is 214 Å². The number of aryl methyl sites for hydroxylation is 3. The highest BCUT2D eigenvalue weighted by Gasteiger charge is 2.45. The number of amides is 4. The van der Waals surface area contributed by atoms with Crippen LogP contribution in [0, 0.1) is 26.2 Å². The van der Waals surface area contributed by atoms with Crippen LogP contribution in [0.2, 0.25) is 0 Å². The summed E-state index contributed by atoms with van der Waals surface area (Å²) < 4.78 is 22.7. The van der Waals surface area contributed by atoms with Crippen LogP contribution >= 0.6 is 11.3 Å². The second-order valence-electron chi connectivity index (χ2n) is 21.2. The first kappa shape index (κ1) is 58.2. The Bertz CT molecular complexity index is 2870. The normalized spacial score (nSPS) is 16.7. The molecular formula is C59H77N7O10S. The molecule has 2 aliphatic heterocycles. The van der Waals surface area contributed by atoms with Crippen LogP contribution in [0.25, 0.3) is 21.6 Å². The van der Waals surface area contributed by atoms with E-state index < -0.39 is 35.4 Å². The minimum absolute atomic E-state index is 0.00287. The molecule has 0 saturated carbocycles. The number of H-pyrrole nitrogens is 1. The maximum Gasteiger partial charge on any atom is 0.256 e. The largest absolute Gasteiger partial charge is 0.496 e. The number of benzene rings is 3. The first-order valence-electron chi connectivity index (χ1n) is 26.7. The summed E-state index contributed by atoms with van der Waals surface area (Å²) in [7, 11) is 1.51. The van der Waals surface area contributed by atoms with E-state index in [-0.39, 0.29) is 68.8 Å². The van der Waals surface area contributed by atoms with E-state index in [0.29, 0.717) is 42.4 Å². The van der Waals surface area contributed by atoms with E-state index in [1.165, 1.54) is 12.0 Å². The second kappa shape index (κ2) is 26.7. The molecular weight excluding hydrogens is 999 g/mol. The molecule has 2 aromatic heterocycles. The van der Waals surface area contributed by atoms with Gasteiger partial charge in [-0.05, 0) is 117 Å². The van der Waals surface area contributed by atoms with Crippen molar-refractivity contribution in [1.82, 2.24) is 30.8 Å². The molecule has 18 heteroatoms. The summed E-state index contributed by atoms with van der Waals surface area (Å²) in [5, 5.41) is 19.5. The molecule has 17 nitrogen and oxygen atoms in total. The average Bonchev–Trinajstić information content (AvgIpc) is 4.03. The summed E-state index contributed by atoms with van der Waals surface area (Å²) in [4.78, 5) is 79.9. The molecule has 7 rings (SSSR count). The van der Waals surface area contributed by atoms with Crippen LogP contribution in [0.1, 0.15) is 110 Å². The highest BCUT2D eigenvalue weighted by atomic mass is 32.1. The number of hydrogen-bond donors (Lipinski definition) is 5. The fourth-order valence-corrected chi connectivity index (χ4v) is 11.0. The Morgan fingerprint density at radius 3 is 2.30 bits per heavy atom. The smallest absolute Gasteiger partial charge is 0.256 e. The highest BCUT2D eigenvalue weighted by molar-refractivity contribution is 7.13. The zero-order valence-electron chi connectivity index (χ0n) is 46.1. The zero-order chi connectivity index (χ0) is 55.4.